The molecule has 3 aromatic carbocycles. The van der Waals surface area contributed by atoms with Gasteiger partial charge in [-0.25, -0.2) is 0 Å². The van der Waals surface area contributed by atoms with Crippen LogP contribution in [0.3, 0.4) is 0 Å². The van der Waals surface area contributed by atoms with Crippen LogP contribution in [0.4, 0.5) is 0 Å². The molecular weight excluding hydrogens is 338 g/mol. The first-order valence-electron chi connectivity index (χ1n) is 7.60. The molecule has 0 heterocycles. The lowest BCUT2D eigenvalue weighted by molar-refractivity contribution is 0.598. The van der Waals surface area contributed by atoms with E-state index in [1.54, 1.807) is 24.3 Å². The molecule has 0 aliphatic carbocycles. The van der Waals surface area contributed by atoms with Gasteiger partial charge in [-0.3, -0.25) is 0 Å². The lowest BCUT2D eigenvalue weighted by atomic mass is 10.1. The zero-order valence-electron chi connectivity index (χ0n) is 13.6. The maximum atomic E-state index is 12.4. The van der Waals surface area contributed by atoms with Crippen molar-refractivity contribution in [1.29, 1.82) is 0 Å². The minimum atomic E-state index is -3.61. The third kappa shape index (κ3) is 3.74. The summed E-state index contributed by atoms with van der Waals surface area (Å²) in [5.41, 5.74) is 2.15. The fourth-order valence-corrected chi connectivity index (χ4v) is 5.67. The number of hydrogen-bond acceptors (Lipinski definition) is 2. The normalized spacial score (nSPS) is 13.2. The van der Waals surface area contributed by atoms with Crippen LogP contribution in [0.15, 0.2) is 75.4 Å². The summed E-state index contributed by atoms with van der Waals surface area (Å²) in [6.45, 7) is 1.93. The van der Waals surface area contributed by atoms with E-state index < -0.39 is 20.7 Å². The van der Waals surface area contributed by atoms with Crippen LogP contribution in [-0.2, 0) is 26.5 Å². The zero-order chi connectivity index (χ0) is 17.2. The highest BCUT2D eigenvalue weighted by Gasteiger charge is 2.13. The monoisotopic (exact) mass is 357 g/mol. The summed E-state index contributed by atoms with van der Waals surface area (Å²) in [5, 5.41) is 2.32. The van der Waals surface area contributed by atoms with Gasteiger partial charge in [-0.1, -0.05) is 70.9 Å². The Hall–Kier alpha value is -1.98. The first kappa shape index (κ1) is 16.9. The van der Waals surface area contributed by atoms with Crippen molar-refractivity contribution in [2.75, 3.05) is 6.26 Å². The Morgan fingerprint density at radius 1 is 0.917 bits per heavy atom. The molecule has 0 saturated heterocycles. The molecule has 0 spiro atoms. The molecule has 0 bridgehead atoms. The second-order valence-corrected chi connectivity index (χ2v) is 9.25. The third-order valence-corrected chi connectivity index (χ3v) is 7.19. The Morgan fingerprint density at radius 2 is 1.58 bits per heavy atom. The molecular formula is C19H19NO2S2. The predicted molar refractivity (Wildman–Crippen MR) is 102 cm³/mol. The van der Waals surface area contributed by atoms with Crippen LogP contribution < -0.4 is 0 Å². The van der Waals surface area contributed by atoms with Crippen LogP contribution in [-0.4, -0.2) is 14.7 Å². The smallest absolute Gasteiger partial charge is 0.199 e. The van der Waals surface area contributed by atoms with E-state index in [0.29, 0.717) is 5.75 Å². The fraction of sp³-hybridized carbons (Fsp3) is 0.158. The van der Waals surface area contributed by atoms with Gasteiger partial charge in [-0.05, 0) is 41.6 Å². The molecule has 0 aromatic heterocycles. The van der Waals surface area contributed by atoms with Gasteiger partial charge in [0.15, 0.2) is 0 Å². The summed E-state index contributed by atoms with van der Waals surface area (Å²) in [5.74, 6) is 0.618. The van der Waals surface area contributed by atoms with Crippen molar-refractivity contribution in [2.24, 2.45) is 3.77 Å². The second-order valence-electron chi connectivity index (χ2n) is 5.75. The van der Waals surface area contributed by atoms with Crippen molar-refractivity contribution in [3.05, 3.63) is 77.9 Å². The second kappa shape index (κ2) is 6.87. The van der Waals surface area contributed by atoms with Crippen molar-refractivity contribution in [1.82, 2.24) is 0 Å². The maximum absolute atomic E-state index is 12.4. The number of rotatable bonds is 4. The first-order chi connectivity index (χ1) is 11.5. The summed E-state index contributed by atoms with van der Waals surface area (Å²) in [7, 11) is -4.23. The van der Waals surface area contributed by atoms with Crippen molar-refractivity contribution in [3.8, 4) is 0 Å². The van der Waals surface area contributed by atoms with Gasteiger partial charge in [0.2, 0.25) is 0 Å². The van der Waals surface area contributed by atoms with E-state index in [1.165, 1.54) is 0 Å². The summed E-state index contributed by atoms with van der Waals surface area (Å²) in [6.07, 6.45) is 1.87. The molecule has 0 N–H and O–H groups in total. The fourth-order valence-electron chi connectivity index (χ4n) is 2.59. The standard InChI is InChI=1S/C19H19NO2S2/c1-15-10-12-18(13-11-15)24(21,22)20-23(2)14-17-8-5-7-16-6-3-4-9-19(16)17/h3-13H,14H2,1-2H3. The van der Waals surface area contributed by atoms with Gasteiger partial charge < -0.3 is 0 Å². The molecule has 0 aliphatic rings. The van der Waals surface area contributed by atoms with Crippen LogP contribution >= 0.6 is 0 Å². The van der Waals surface area contributed by atoms with E-state index in [2.05, 4.69) is 22.0 Å². The van der Waals surface area contributed by atoms with Crippen LogP contribution in [0.5, 0.6) is 0 Å². The zero-order valence-corrected chi connectivity index (χ0v) is 15.3. The Morgan fingerprint density at radius 3 is 2.33 bits per heavy atom. The maximum Gasteiger partial charge on any atom is 0.287 e. The van der Waals surface area contributed by atoms with E-state index in [9.17, 15) is 8.42 Å². The summed E-state index contributed by atoms with van der Waals surface area (Å²) in [4.78, 5) is 0.255. The Bertz CT molecular complexity index is 1000. The Balaban J connectivity index is 1.92. The van der Waals surface area contributed by atoms with Gasteiger partial charge in [-0.2, -0.15) is 8.42 Å². The molecule has 0 aliphatic heterocycles. The lowest BCUT2D eigenvalue weighted by Crippen LogP contribution is -2.01. The molecule has 0 radical (unpaired) electrons. The highest BCUT2D eigenvalue weighted by molar-refractivity contribution is 7.99. The minimum Gasteiger partial charge on any atom is -0.199 e. The number of fused-ring (bicyclic) bond motifs is 1. The average molecular weight is 358 g/mol. The van der Waals surface area contributed by atoms with Gasteiger partial charge in [0.1, 0.15) is 0 Å². The van der Waals surface area contributed by atoms with Crippen molar-refractivity contribution in [3.63, 3.8) is 0 Å². The number of sulfonamides is 1. The lowest BCUT2D eigenvalue weighted by Gasteiger charge is -2.07. The van der Waals surface area contributed by atoms with Crippen molar-refractivity contribution in [2.45, 2.75) is 17.6 Å². The highest BCUT2D eigenvalue weighted by atomic mass is 32.3. The van der Waals surface area contributed by atoms with E-state index >= 15 is 0 Å². The van der Waals surface area contributed by atoms with Crippen LogP contribution in [0, 0.1) is 6.92 Å². The topological polar surface area (TPSA) is 46.5 Å². The molecule has 1 atom stereocenters. The molecule has 3 aromatic rings. The van der Waals surface area contributed by atoms with E-state index in [4.69, 9.17) is 0 Å². The van der Waals surface area contributed by atoms with Crippen molar-refractivity contribution < 1.29 is 8.42 Å². The summed E-state index contributed by atoms with van der Waals surface area (Å²) >= 11 is 0. The van der Waals surface area contributed by atoms with Gasteiger partial charge >= 0.3 is 0 Å². The molecule has 124 valence electrons. The molecule has 5 heteroatoms. The van der Waals surface area contributed by atoms with E-state index in [1.807, 2.05) is 37.4 Å². The third-order valence-electron chi connectivity index (χ3n) is 3.79. The molecule has 0 amide bonds. The molecule has 1 unspecified atom stereocenters. The molecule has 3 nitrogen and oxygen atoms in total. The number of benzene rings is 3. The van der Waals surface area contributed by atoms with Crippen molar-refractivity contribution >= 4 is 31.5 Å². The molecule has 3 rings (SSSR count). The van der Waals surface area contributed by atoms with E-state index in [-0.39, 0.29) is 4.90 Å². The number of nitrogens with zero attached hydrogens (tertiary/aromatic N) is 1. The van der Waals surface area contributed by atoms with Crippen LogP contribution in [0.25, 0.3) is 10.8 Å². The summed E-state index contributed by atoms with van der Waals surface area (Å²) < 4.78 is 29.0. The minimum absolute atomic E-state index is 0.255. The Kier molecular flexibility index (Phi) is 4.83. The largest absolute Gasteiger partial charge is 0.287 e. The number of aryl methyl sites for hydroxylation is 1. The van der Waals surface area contributed by atoms with Gasteiger partial charge in [-0.15, -0.1) is 3.77 Å². The highest BCUT2D eigenvalue weighted by Crippen LogP contribution is 2.21. The quantitative estimate of drug-likeness (QED) is 0.692. The van der Waals surface area contributed by atoms with Crippen LogP contribution in [0.2, 0.25) is 0 Å². The molecule has 0 fully saturated rings. The SMILES string of the molecule is Cc1ccc(S(=O)(=O)/N=S(\C)Cc2cccc3ccccc23)cc1. The van der Waals surface area contributed by atoms with E-state index in [0.717, 1.165) is 21.9 Å². The van der Waals surface area contributed by atoms with Gasteiger partial charge in [0.25, 0.3) is 10.0 Å². The average Bonchev–Trinajstić information content (AvgIpc) is 2.55. The van der Waals surface area contributed by atoms with Gasteiger partial charge in [0.05, 0.1) is 4.90 Å². The Labute approximate surface area is 145 Å². The molecule has 24 heavy (non-hydrogen) atoms. The summed E-state index contributed by atoms with van der Waals surface area (Å²) in [6, 6.07) is 21.1. The van der Waals surface area contributed by atoms with Gasteiger partial charge in [0, 0.05) is 5.75 Å². The predicted octanol–water partition coefficient (Wildman–Crippen LogP) is 4.47. The number of hydrogen-bond donors (Lipinski definition) is 0. The molecule has 0 saturated carbocycles. The van der Waals surface area contributed by atoms with Crippen LogP contribution in [0.1, 0.15) is 11.1 Å². The first-order valence-corrected chi connectivity index (χ1v) is 10.8.